The molecule has 2 fully saturated rings. The molecule has 0 aromatic heterocycles. The third-order valence-corrected chi connectivity index (χ3v) is 5.49. The van der Waals surface area contributed by atoms with Crippen LogP contribution in [0.1, 0.15) is 44.1 Å². The number of nitrogens with zero attached hydrogens (tertiary/aromatic N) is 1. The number of nitrogens with one attached hydrogen (secondary N) is 1. The quantitative estimate of drug-likeness (QED) is 0.891. The number of likely N-dealkylation sites (tertiary alicyclic amines) is 1. The molecule has 1 aliphatic heterocycles. The summed E-state index contributed by atoms with van der Waals surface area (Å²) in [6.07, 6.45) is 6.20. The Morgan fingerprint density at radius 1 is 1.04 bits per heavy atom. The van der Waals surface area contributed by atoms with Crippen LogP contribution in [0.15, 0.2) is 24.3 Å². The fourth-order valence-corrected chi connectivity index (χ4v) is 4.06. The van der Waals surface area contributed by atoms with Gasteiger partial charge in [-0.3, -0.25) is 9.59 Å². The van der Waals surface area contributed by atoms with Crippen molar-refractivity contribution in [2.45, 2.75) is 44.9 Å². The number of carbonyl (C=O) groups excluding carboxylic acids is 2. The predicted octanol–water partition coefficient (Wildman–Crippen LogP) is 2.91. The lowest BCUT2D eigenvalue weighted by Gasteiger charge is -2.32. The summed E-state index contributed by atoms with van der Waals surface area (Å²) in [5, 5.41) is 2.93. The first-order valence-electron chi connectivity index (χ1n) is 9.46. The molecule has 1 N–H and O–H groups in total. The summed E-state index contributed by atoms with van der Waals surface area (Å²) in [5.41, 5.74) is 0.608. The van der Waals surface area contributed by atoms with E-state index in [1.165, 1.54) is 6.07 Å². The van der Waals surface area contributed by atoms with Crippen molar-refractivity contribution in [2.75, 3.05) is 19.6 Å². The molecule has 1 saturated carbocycles. The fraction of sp³-hybridized carbons (Fsp3) is 0.600. The molecule has 1 aromatic rings. The third-order valence-electron chi connectivity index (χ3n) is 5.49. The zero-order valence-electron chi connectivity index (χ0n) is 14.7. The van der Waals surface area contributed by atoms with Crippen LogP contribution in [0, 0.1) is 17.7 Å². The van der Waals surface area contributed by atoms with Gasteiger partial charge in [0.25, 0.3) is 0 Å². The highest BCUT2D eigenvalue weighted by atomic mass is 19.1. The van der Waals surface area contributed by atoms with E-state index < -0.39 is 0 Å². The van der Waals surface area contributed by atoms with Gasteiger partial charge in [0.2, 0.25) is 11.8 Å². The summed E-state index contributed by atoms with van der Waals surface area (Å²) in [7, 11) is 0. The average molecular weight is 346 g/mol. The Kier molecular flexibility index (Phi) is 6.05. The Morgan fingerprint density at radius 3 is 2.44 bits per heavy atom. The van der Waals surface area contributed by atoms with Crippen LogP contribution in [0.4, 0.5) is 4.39 Å². The fourth-order valence-electron chi connectivity index (χ4n) is 4.06. The normalized spacial score (nSPS) is 23.5. The lowest BCUT2D eigenvalue weighted by Crippen LogP contribution is -2.45. The number of rotatable bonds is 5. The van der Waals surface area contributed by atoms with E-state index in [1.807, 2.05) is 4.90 Å². The predicted molar refractivity (Wildman–Crippen MR) is 94.4 cm³/mol. The number of hydrogen-bond donors (Lipinski definition) is 1. The smallest absolute Gasteiger partial charge is 0.226 e. The summed E-state index contributed by atoms with van der Waals surface area (Å²) >= 11 is 0. The molecule has 1 aromatic carbocycles. The summed E-state index contributed by atoms with van der Waals surface area (Å²) in [5.74, 6) is -0.542. The van der Waals surface area contributed by atoms with Crippen LogP contribution in [-0.2, 0) is 16.0 Å². The van der Waals surface area contributed by atoms with Gasteiger partial charge < -0.3 is 10.2 Å². The van der Waals surface area contributed by atoms with Crippen LogP contribution < -0.4 is 5.32 Å². The molecule has 2 amide bonds. The van der Waals surface area contributed by atoms with Gasteiger partial charge in [-0.2, -0.15) is 0 Å². The number of benzene rings is 1. The molecular formula is C20H27FN2O2. The van der Waals surface area contributed by atoms with Crippen molar-refractivity contribution in [3.05, 3.63) is 35.6 Å². The van der Waals surface area contributed by atoms with Gasteiger partial charge in [-0.15, -0.1) is 0 Å². The van der Waals surface area contributed by atoms with Crippen LogP contribution >= 0.6 is 0 Å². The van der Waals surface area contributed by atoms with E-state index in [-0.39, 0.29) is 29.5 Å². The Hall–Kier alpha value is -1.91. The van der Waals surface area contributed by atoms with E-state index in [4.69, 9.17) is 0 Å². The Morgan fingerprint density at radius 2 is 1.72 bits per heavy atom. The molecule has 2 atom stereocenters. The van der Waals surface area contributed by atoms with E-state index in [1.54, 1.807) is 18.2 Å². The van der Waals surface area contributed by atoms with Crippen LogP contribution in [0.25, 0.3) is 0 Å². The second-order valence-electron chi connectivity index (χ2n) is 7.16. The Balaban J connectivity index is 1.55. The van der Waals surface area contributed by atoms with Gasteiger partial charge in [0, 0.05) is 31.5 Å². The Labute approximate surface area is 148 Å². The first-order valence-corrected chi connectivity index (χ1v) is 9.46. The van der Waals surface area contributed by atoms with Gasteiger partial charge in [-0.1, -0.05) is 31.0 Å². The number of amides is 2. The summed E-state index contributed by atoms with van der Waals surface area (Å²) < 4.78 is 13.6. The minimum absolute atomic E-state index is 0.0476. The van der Waals surface area contributed by atoms with E-state index in [0.29, 0.717) is 18.5 Å². The molecular weight excluding hydrogens is 319 g/mol. The minimum atomic E-state index is -0.239. The van der Waals surface area contributed by atoms with Crippen molar-refractivity contribution in [1.29, 1.82) is 0 Å². The second-order valence-corrected chi connectivity index (χ2v) is 7.16. The first-order chi connectivity index (χ1) is 12.2. The summed E-state index contributed by atoms with van der Waals surface area (Å²) in [4.78, 5) is 27.3. The van der Waals surface area contributed by atoms with E-state index in [0.717, 1.165) is 51.6 Å². The molecule has 0 spiro atoms. The topological polar surface area (TPSA) is 49.4 Å². The highest BCUT2D eigenvalue weighted by molar-refractivity contribution is 5.88. The molecule has 25 heavy (non-hydrogen) atoms. The van der Waals surface area contributed by atoms with Gasteiger partial charge in [0.05, 0.1) is 0 Å². The number of carbonyl (C=O) groups is 2. The zero-order chi connectivity index (χ0) is 17.6. The van der Waals surface area contributed by atoms with E-state index in [9.17, 15) is 14.0 Å². The van der Waals surface area contributed by atoms with Crippen molar-refractivity contribution in [1.82, 2.24) is 10.2 Å². The molecule has 1 heterocycles. The second kappa shape index (κ2) is 8.45. The van der Waals surface area contributed by atoms with Gasteiger partial charge in [0.1, 0.15) is 5.82 Å². The summed E-state index contributed by atoms with van der Waals surface area (Å²) in [6.45, 7) is 2.06. The number of halogens is 1. The van der Waals surface area contributed by atoms with Crippen molar-refractivity contribution < 1.29 is 14.0 Å². The van der Waals surface area contributed by atoms with Crippen LogP contribution in [0.3, 0.4) is 0 Å². The lowest BCUT2D eigenvalue weighted by molar-refractivity contribution is -0.142. The van der Waals surface area contributed by atoms with Crippen molar-refractivity contribution >= 4 is 11.8 Å². The molecule has 4 nitrogen and oxygen atoms in total. The number of hydrogen-bond acceptors (Lipinski definition) is 2. The van der Waals surface area contributed by atoms with Crippen LogP contribution in [0.5, 0.6) is 0 Å². The monoisotopic (exact) mass is 346 g/mol. The summed E-state index contributed by atoms with van der Waals surface area (Å²) in [6, 6.07) is 6.63. The molecule has 1 aliphatic carbocycles. The van der Waals surface area contributed by atoms with Crippen molar-refractivity contribution in [3.63, 3.8) is 0 Å². The lowest BCUT2D eigenvalue weighted by atomic mass is 9.78. The minimum Gasteiger partial charge on any atom is -0.356 e. The Bertz CT molecular complexity index is 613. The van der Waals surface area contributed by atoms with Gasteiger partial charge in [-0.25, -0.2) is 4.39 Å². The maximum Gasteiger partial charge on any atom is 0.226 e. The molecule has 136 valence electrons. The van der Waals surface area contributed by atoms with Gasteiger partial charge in [0.15, 0.2) is 0 Å². The maximum absolute atomic E-state index is 13.6. The standard InChI is InChI=1S/C20H27FN2O2/c21-18-10-4-1-7-15(18)11-12-22-19(24)16-8-2-3-9-17(16)20(25)23-13-5-6-14-23/h1,4,7,10,16-17H,2-3,5-6,8-9,11-14H2,(H,22,24). The molecule has 2 aliphatic rings. The molecule has 1 saturated heterocycles. The largest absolute Gasteiger partial charge is 0.356 e. The molecule has 0 radical (unpaired) electrons. The molecule has 0 bridgehead atoms. The van der Waals surface area contributed by atoms with Gasteiger partial charge >= 0.3 is 0 Å². The zero-order valence-corrected chi connectivity index (χ0v) is 14.7. The van der Waals surface area contributed by atoms with Crippen molar-refractivity contribution in [3.8, 4) is 0 Å². The highest BCUT2D eigenvalue weighted by Gasteiger charge is 2.38. The third kappa shape index (κ3) is 4.39. The van der Waals surface area contributed by atoms with Gasteiger partial charge in [-0.05, 0) is 43.7 Å². The van der Waals surface area contributed by atoms with Crippen LogP contribution in [-0.4, -0.2) is 36.3 Å². The van der Waals surface area contributed by atoms with Crippen LogP contribution in [0.2, 0.25) is 0 Å². The first kappa shape index (κ1) is 17.9. The molecule has 2 unspecified atom stereocenters. The molecule has 3 rings (SSSR count). The maximum atomic E-state index is 13.6. The van der Waals surface area contributed by atoms with E-state index in [2.05, 4.69) is 5.32 Å². The van der Waals surface area contributed by atoms with E-state index >= 15 is 0 Å². The average Bonchev–Trinajstić information content (AvgIpc) is 3.17. The SMILES string of the molecule is O=C(NCCc1ccccc1F)C1CCCCC1C(=O)N1CCCC1. The molecule has 5 heteroatoms. The highest BCUT2D eigenvalue weighted by Crippen LogP contribution is 2.32. The van der Waals surface area contributed by atoms with Crippen molar-refractivity contribution in [2.24, 2.45) is 11.8 Å².